The Morgan fingerprint density at radius 3 is 3.12 bits per heavy atom. The predicted molar refractivity (Wildman–Crippen MR) is 63.1 cm³/mol. The molecule has 1 aromatic rings. The molecule has 1 fully saturated rings. The van der Waals surface area contributed by atoms with Gasteiger partial charge in [-0.2, -0.15) is 0 Å². The highest BCUT2D eigenvalue weighted by Gasteiger charge is 2.21. The Hall–Kier alpha value is -0.800. The Morgan fingerprint density at radius 2 is 2.38 bits per heavy atom. The van der Waals surface area contributed by atoms with E-state index in [9.17, 15) is 0 Å². The molecule has 2 rings (SSSR count). The topological polar surface area (TPSA) is 34.4 Å². The fourth-order valence-electron chi connectivity index (χ4n) is 1.60. The van der Waals surface area contributed by atoms with Gasteiger partial charge in [-0.3, -0.25) is 0 Å². The fourth-order valence-corrected chi connectivity index (χ4v) is 1.60. The van der Waals surface area contributed by atoms with Crippen molar-refractivity contribution in [3.05, 3.63) is 23.7 Å². The maximum atomic E-state index is 5.59. The molecule has 90 valence electrons. The second kappa shape index (κ2) is 6.06. The zero-order valence-corrected chi connectivity index (χ0v) is 10.00. The van der Waals surface area contributed by atoms with Gasteiger partial charge in [-0.25, -0.2) is 0 Å². The van der Waals surface area contributed by atoms with E-state index in [1.165, 1.54) is 24.8 Å². The average Bonchev–Trinajstić information content (AvgIpc) is 3.02. The lowest BCUT2D eigenvalue weighted by Gasteiger charge is -2.05. The van der Waals surface area contributed by atoms with Crippen LogP contribution in [0.25, 0.3) is 0 Å². The smallest absolute Gasteiger partial charge is 0.123 e. The van der Waals surface area contributed by atoms with E-state index in [2.05, 4.69) is 12.2 Å². The first kappa shape index (κ1) is 11.7. The van der Waals surface area contributed by atoms with Crippen LogP contribution in [0.5, 0.6) is 0 Å². The van der Waals surface area contributed by atoms with Gasteiger partial charge in [0.1, 0.15) is 5.76 Å². The van der Waals surface area contributed by atoms with Gasteiger partial charge in [0, 0.05) is 18.2 Å². The van der Waals surface area contributed by atoms with Gasteiger partial charge >= 0.3 is 0 Å². The molecule has 1 N–H and O–H groups in total. The van der Waals surface area contributed by atoms with Crippen LogP contribution in [0, 0.1) is 0 Å². The minimum atomic E-state index is 0.679. The Kier molecular flexibility index (Phi) is 4.43. The average molecular weight is 223 g/mol. The largest absolute Gasteiger partial charge is 0.468 e. The number of ether oxygens (including phenoxy) is 1. The molecule has 0 unspecified atom stereocenters. The minimum Gasteiger partial charge on any atom is -0.468 e. The van der Waals surface area contributed by atoms with Crippen LogP contribution in [0.2, 0.25) is 0 Å². The lowest BCUT2D eigenvalue weighted by Crippen LogP contribution is -2.15. The van der Waals surface area contributed by atoms with Crippen molar-refractivity contribution in [3.63, 3.8) is 0 Å². The van der Waals surface area contributed by atoms with Gasteiger partial charge in [-0.15, -0.1) is 0 Å². The molecule has 3 heteroatoms. The second-order valence-electron chi connectivity index (χ2n) is 4.43. The van der Waals surface area contributed by atoms with Crippen molar-refractivity contribution in [1.82, 2.24) is 5.32 Å². The van der Waals surface area contributed by atoms with Crippen molar-refractivity contribution < 1.29 is 9.15 Å². The Balaban J connectivity index is 1.71. The van der Waals surface area contributed by atoms with Gasteiger partial charge in [0.15, 0.2) is 0 Å². The zero-order chi connectivity index (χ0) is 11.2. The van der Waals surface area contributed by atoms with Crippen LogP contribution < -0.4 is 5.32 Å². The summed E-state index contributed by atoms with van der Waals surface area (Å²) in [5, 5.41) is 3.45. The first-order valence-corrected chi connectivity index (χ1v) is 6.26. The molecule has 0 aromatic carbocycles. The maximum Gasteiger partial charge on any atom is 0.123 e. The van der Waals surface area contributed by atoms with E-state index in [0.717, 1.165) is 31.4 Å². The molecule has 1 heterocycles. The normalized spacial score (nSPS) is 15.6. The number of rotatable bonds is 8. The number of nitrogens with one attached hydrogen (secondary N) is 1. The zero-order valence-electron chi connectivity index (χ0n) is 10.00. The first-order valence-electron chi connectivity index (χ1n) is 6.26. The van der Waals surface area contributed by atoms with Crippen LogP contribution in [-0.2, 0) is 17.9 Å². The summed E-state index contributed by atoms with van der Waals surface area (Å²) in [6.07, 6.45) is 6.68. The van der Waals surface area contributed by atoms with E-state index >= 15 is 0 Å². The highest BCUT2D eigenvalue weighted by molar-refractivity contribution is 5.16. The van der Waals surface area contributed by atoms with Crippen LogP contribution in [0.4, 0.5) is 0 Å². The van der Waals surface area contributed by atoms with Crippen LogP contribution in [0.3, 0.4) is 0 Å². The quantitative estimate of drug-likeness (QED) is 0.688. The lowest BCUT2D eigenvalue weighted by molar-refractivity contribution is 0.116. The Labute approximate surface area is 97.2 Å². The molecule has 0 bridgehead atoms. The van der Waals surface area contributed by atoms with Crippen LogP contribution in [-0.4, -0.2) is 12.6 Å². The molecule has 16 heavy (non-hydrogen) atoms. The molecule has 0 amide bonds. The molecular weight excluding hydrogens is 202 g/mol. The van der Waals surface area contributed by atoms with Crippen LogP contribution in [0.1, 0.15) is 43.9 Å². The summed E-state index contributed by atoms with van der Waals surface area (Å²) in [5.74, 6) is 1.03. The third kappa shape index (κ3) is 3.65. The van der Waals surface area contributed by atoms with Crippen molar-refractivity contribution >= 4 is 0 Å². The summed E-state index contributed by atoms with van der Waals surface area (Å²) in [6.45, 7) is 4.53. The molecular formula is C13H21NO2. The number of hydrogen-bond acceptors (Lipinski definition) is 3. The summed E-state index contributed by atoms with van der Waals surface area (Å²) in [4.78, 5) is 0. The standard InChI is InChI=1S/C13H21NO2/c1-2-3-7-15-10-11-6-8-16-13(11)9-14-12-4-5-12/h6,8,12,14H,2-5,7,9-10H2,1H3. The minimum absolute atomic E-state index is 0.679. The lowest BCUT2D eigenvalue weighted by atomic mass is 10.2. The van der Waals surface area contributed by atoms with Crippen molar-refractivity contribution in [2.75, 3.05) is 6.61 Å². The summed E-state index contributed by atoms with van der Waals surface area (Å²) in [5.41, 5.74) is 1.18. The van der Waals surface area contributed by atoms with E-state index in [1.807, 2.05) is 6.07 Å². The van der Waals surface area contributed by atoms with Gasteiger partial charge in [0.05, 0.1) is 19.4 Å². The van der Waals surface area contributed by atoms with Gasteiger partial charge in [-0.05, 0) is 25.3 Å². The van der Waals surface area contributed by atoms with Crippen LogP contribution >= 0.6 is 0 Å². The van der Waals surface area contributed by atoms with Crippen molar-refractivity contribution in [1.29, 1.82) is 0 Å². The van der Waals surface area contributed by atoms with E-state index in [0.29, 0.717) is 6.61 Å². The van der Waals surface area contributed by atoms with Gasteiger partial charge < -0.3 is 14.5 Å². The fraction of sp³-hybridized carbons (Fsp3) is 0.692. The molecule has 0 spiro atoms. The van der Waals surface area contributed by atoms with E-state index in [4.69, 9.17) is 9.15 Å². The monoisotopic (exact) mass is 223 g/mol. The van der Waals surface area contributed by atoms with Gasteiger partial charge in [0.2, 0.25) is 0 Å². The van der Waals surface area contributed by atoms with Gasteiger partial charge in [0.25, 0.3) is 0 Å². The van der Waals surface area contributed by atoms with Crippen molar-refractivity contribution in [2.24, 2.45) is 0 Å². The SMILES string of the molecule is CCCCOCc1ccoc1CNC1CC1. The molecule has 1 saturated carbocycles. The number of unbranched alkanes of at least 4 members (excludes halogenated alkanes) is 1. The molecule has 1 aliphatic rings. The highest BCUT2D eigenvalue weighted by Crippen LogP contribution is 2.20. The Morgan fingerprint density at radius 1 is 1.50 bits per heavy atom. The third-order valence-corrected chi connectivity index (χ3v) is 2.87. The molecule has 1 aliphatic carbocycles. The first-order chi connectivity index (χ1) is 7.90. The summed E-state index contributed by atoms with van der Waals surface area (Å²) < 4.78 is 11.1. The molecule has 0 radical (unpaired) electrons. The maximum absolute atomic E-state index is 5.59. The molecule has 1 aromatic heterocycles. The van der Waals surface area contributed by atoms with E-state index in [-0.39, 0.29) is 0 Å². The molecule has 3 nitrogen and oxygen atoms in total. The van der Waals surface area contributed by atoms with Gasteiger partial charge in [-0.1, -0.05) is 13.3 Å². The second-order valence-corrected chi connectivity index (χ2v) is 4.43. The molecule has 0 saturated heterocycles. The molecule has 0 atom stereocenters. The van der Waals surface area contributed by atoms with Crippen molar-refractivity contribution in [3.8, 4) is 0 Å². The predicted octanol–water partition coefficient (Wildman–Crippen LogP) is 2.85. The molecule has 0 aliphatic heterocycles. The van der Waals surface area contributed by atoms with Crippen molar-refractivity contribution in [2.45, 2.75) is 51.8 Å². The Bertz CT molecular complexity index is 305. The van der Waals surface area contributed by atoms with E-state index < -0.39 is 0 Å². The number of furan rings is 1. The van der Waals surface area contributed by atoms with Crippen LogP contribution in [0.15, 0.2) is 16.7 Å². The highest BCUT2D eigenvalue weighted by atomic mass is 16.5. The summed E-state index contributed by atoms with van der Waals surface area (Å²) >= 11 is 0. The summed E-state index contributed by atoms with van der Waals surface area (Å²) in [7, 11) is 0. The van der Waals surface area contributed by atoms with E-state index in [1.54, 1.807) is 6.26 Å². The number of hydrogen-bond donors (Lipinski definition) is 1. The third-order valence-electron chi connectivity index (χ3n) is 2.87. The summed E-state index contributed by atoms with van der Waals surface area (Å²) in [6, 6.07) is 2.73.